The zero-order valence-corrected chi connectivity index (χ0v) is 13.2. The molecule has 2 N–H and O–H groups in total. The van der Waals surface area contributed by atoms with E-state index in [0.29, 0.717) is 12.5 Å². The molecular weight excluding hydrogens is 288 g/mol. The Kier molecular flexibility index (Phi) is 4.61. The van der Waals surface area contributed by atoms with E-state index in [0.717, 1.165) is 51.1 Å². The maximum Gasteiger partial charge on any atom is 0.259 e. The second-order valence-electron chi connectivity index (χ2n) is 6.04. The fraction of sp³-hybridized carbons (Fsp3) is 0.786. The van der Waals surface area contributed by atoms with E-state index in [4.69, 9.17) is 0 Å². The summed E-state index contributed by atoms with van der Waals surface area (Å²) in [7, 11) is -3.46. The molecule has 118 valence electrons. The van der Waals surface area contributed by atoms with Gasteiger partial charge in [0.25, 0.3) is 10.0 Å². The summed E-state index contributed by atoms with van der Waals surface area (Å²) in [5.74, 6) is 1.48. The van der Waals surface area contributed by atoms with Crippen LogP contribution in [0.4, 0.5) is 0 Å². The van der Waals surface area contributed by atoms with Crippen LogP contribution in [-0.2, 0) is 23.0 Å². The van der Waals surface area contributed by atoms with E-state index in [2.05, 4.69) is 15.0 Å². The minimum Gasteiger partial charge on any atom is -0.333 e. The first kappa shape index (κ1) is 15.0. The van der Waals surface area contributed by atoms with Gasteiger partial charge in [-0.05, 0) is 51.1 Å². The van der Waals surface area contributed by atoms with E-state index >= 15 is 0 Å². The van der Waals surface area contributed by atoms with E-state index in [1.54, 1.807) is 6.20 Å². The molecule has 0 amide bonds. The van der Waals surface area contributed by atoms with Crippen LogP contribution in [0.15, 0.2) is 11.2 Å². The second kappa shape index (κ2) is 6.46. The van der Waals surface area contributed by atoms with Gasteiger partial charge in [0, 0.05) is 25.7 Å². The van der Waals surface area contributed by atoms with Gasteiger partial charge in [-0.3, -0.25) is 0 Å². The molecule has 0 aliphatic carbocycles. The van der Waals surface area contributed by atoms with Gasteiger partial charge in [0.05, 0.1) is 0 Å². The zero-order valence-electron chi connectivity index (χ0n) is 12.3. The van der Waals surface area contributed by atoms with Crippen molar-refractivity contribution in [2.45, 2.75) is 50.1 Å². The summed E-state index contributed by atoms with van der Waals surface area (Å²) in [5, 5.41) is 3.54. The number of imidazole rings is 1. The molecule has 3 rings (SSSR count). The molecule has 1 unspecified atom stereocenters. The molecule has 3 heterocycles. The predicted molar refractivity (Wildman–Crippen MR) is 80.6 cm³/mol. The molecule has 1 atom stereocenters. The maximum atomic E-state index is 12.3. The summed E-state index contributed by atoms with van der Waals surface area (Å²) < 4.78 is 29.3. The highest BCUT2D eigenvalue weighted by Gasteiger charge is 2.22. The Morgan fingerprint density at radius 3 is 3.05 bits per heavy atom. The lowest BCUT2D eigenvalue weighted by Crippen LogP contribution is -2.33. The summed E-state index contributed by atoms with van der Waals surface area (Å²) >= 11 is 0. The van der Waals surface area contributed by atoms with E-state index in [-0.39, 0.29) is 5.03 Å². The van der Waals surface area contributed by atoms with E-state index in [1.165, 1.54) is 12.8 Å². The fourth-order valence-corrected chi connectivity index (χ4v) is 4.18. The monoisotopic (exact) mass is 312 g/mol. The number of nitrogens with zero attached hydrogens (tertiary/aromatic N) is 2. The topological polar surface area (TPSA) is 76.0 Å². The molecule has 2 aliphatic rings. The van der Waals surface area contributed by atoms with Crippen molar-refractivity contribution in [3.8, 4) is 0 Å². The van der Waals surface area contributed by atoms with Gasteiger partial charge in [-0.1, -0.05) is 0 Å². The van der Waals surface area contributed by atoms with E-state index in [1.807, 2.05) is 4.57 Å². The number of fused-ring (bicyclic) bond motifs is 1. The van der Waals surface area contributed by atoms with Crippen LogP contribution in [0, 0.1) is 5.92 Å². The van der Waals surface area contributed by atoms with Crippen molar-refractivity contribution in [2.75, 3.05) is 19.6 Å². The number of hydrogen-bond donors (Lipinski definition) is 2. The highest BCUT2D eigenvalue weighted by Crippen LogP contribution is 2.18. The van der Waals surface area contributed by atoms with Gasteiger partial charge in [0.2, 0.25) is 0 Å². The van der Waals surface area contributed by atoms with Gasteiger partial charge < -0.3 is 9.88 Å². The number of hydrogen-bond acceptors (Lipinski definition) is 4. The zero-order chi connectivity index (χ0) is 14.7. The van der Waals surface area contributed by atoms with Gasteiger partial charge in [0.1, 0.15) is 5.82 Å². The normalized spacial score (nSPS) is 23.0. The summed E-state index contributed by atoms with van der Waals surface area (Å²) in [6.07, 6.45) is 8.02. The first-order chi connectivity index (χ1) is 10.1. The molecule has 7 heteroatoms. The number of sulfonamides is 1. The van der Waals surface area contributed by atoms with Crippen LogP contribution >= 0.6 is 0 Å². The predicted octanol–water partition coefficient (Wildman–Crippen LogP) is 0.887. The van der Waals surface area contributed by atoms with Gasteiger partial charge in [-0.15, -0.1) is 0 Å². The SMILES string of the molecule is O=S(=O)(NCCC1CCCNC1)c1cn2c(n1)CCCC2. The lowest BCUT2D eigenvalue weighted by Gasteiger charge is -2.22. The lowest BCUT2D eigenvalue weighted by molar-refractivity contribution is 0.358. The molecule has 0 radical (unpaired) electrons. The number of piperidine rings is 1. The molecule has 1 fully saturated rings. The van der Waals surface area contributed by atoms with Crippen LogP contribution in [0.1, 0.15) is 37.9 Å². The Bertz CT molecular complexity index is 552. The third-order valence-corrected chi connectivity index (χ3v) is 5.74. The van der Waals surface area contributed by atoms with Crippen molar-refractivity contribution < 1.29 is 8.42 Å². The Morgan fingerprint density at radius 1 is 1.38 bits per heavy atom. The van der Waals surface area contributed by atoms with Crippen LogP contribution < -0.4 is 10.0 Å². The van der Waals surface area contributed by atoms with Crippen LogP contribution in [0.25, 0.3) is 0 Å². The molecule has 2 aliphatic heterocycles. The molecule has 0 saturated carbocycles. The second-order valence-corrected chi connectivity index (χ2v) is 7.76. The number of rotatable bonds is 5. The van der Waals surface area contributed by atoms with Crippen LogP contribution in [0.5, 0.6) is 0 Å². The summed E-state index contributed by atoms with van der Waals surface area (Å²) in [6, 6.07) is 0. The number of aryl methyl sites for hydroxylation is 2. The quantitative estimate of drug-likeness (QED) is 0.846. The van der Waals surface area contributed by atoms with Crippen molar-refractivity contribution in [2.24, 2.45) is 5.92 Å². The molecule has 1 saturated heterocycles. The van der Waals surface area contributed by atoms with Crippen molar-refractivity contribution in [3.05, 3.63) is 12.0 Å². The molecule has 0 aromatic carbocycles. The maximum absolute atomic E-state index is 12.3. The molecule has 0 bridgehead atoms. The van der Waals surface area contributed by atoms with Crippen molar-refractivity contribution in [1.82, 2.24) is 19.6 Å². The number of nitrogens with one attached hydrogen (secondary N) is 2. The summed E-state index contributed by atoms with van der Waals surface area (Å²) in [6.45, 7) is 3.46. The Balaban J connectivity index is 1.57. The van der Waals surface area contributed by atoms with Gasteiger partial charge in [-0.2, -0.15) is 0 Å². The minimum atomic E-state index is -3.46. The van der Waals surface area contributed by atoms with E-state index < -0.39 is 10.0 Å². The highest BCUT2D eigenvalue weighted by atomic mass is 32.2. The number of aromatic nitrogens is 2. The van der Waals surface area contributed by atoms with Gasteiger partial charge in [-0.25, -0.2) is 18.1 Å². The smallest absolute Gasteiger partial charge is 0.259 e. The third-order valence-electron chi connectivity index (χ3n) is 4.41. The Labute approximate surface area is 126 Å². The highest BCUT2D eigenvalue weighted by molar-refractivity contribution is 7.89. The van der Waals surface area contributed by atoms with Gasteiger partial charge in [0.15, 0.2) is 5.03 Å². The molecule has 1 aromatic rings. The molecular formula is C14H24N4O2S. The lowest BCUT2D eigenvalue weighted by atomic mass is 9.96. The van der Waals surface area contributed by atoms with Crippen molar-refractivity contribution >= 4 is 10.0 Å². The average Bonchev–Trinajstić information content (AvgIpc) is 2.93. The van der Waals surface area contributed by atoms with Crippen LogP contribution in [0.3, 0.4) is 0 Å². The Morgan fingerprint density at radius 2 is 2.29 bits per heavy atom. The molecule has 1 aromatic heterocycles. The van der Waals surface area contributed by atoms with Crippen LogP contribution in [-0.4, -0.2) is 37.6 Å². The van der Waals surface area contributed by atoms with Crippen LogP contribution in [0.2, 0.25) is 0 Å². The van der Waals surface area contributed by atoms with Crippen molar-refractivity contribution in [1.29, 1.82) is 0 Å². The summed E-state index contributed by atoms with van der Waals surface area (Å²) in [5.41, 5.74) is 0. The molecule has 6 nitrogen and oxygen atoms in total. The Hall–Kier alpha value is -0.920. The average molecular weight is 312 g/mol. The fourth-order valence-electron chi connectivity index (χ4n) is 3.16. The first-order valence-electron chi connectivity index (χ1n) is 7.91. The van der Waals surface area contributed by atoms with Crippen molar-refractivity contribution in [3.63, 3.8) is 0 Å². The first-order valence-corrected chi connectivity index (χ1v) is 9.40. The molecule has 0 spiro atoms. The largest absolute Gasteiger partial charge is 0.333 e. The van der Waals surface area contributed by atoms with E-state index in [9.17, 15) is 8.42 Å². The van der Waals surface area contributed by atoms with Gasteiger partial charge >= 0.3 is 0 Å². The standard InChI is InChI=1S/C14H24N4O2S/c19-21(20,16-8-6-12-4-3-7-15-10-12)14-11-18-9-2-1-5-13(18)17-14/h11-12,15-16H,1-10H2. The minimum absolute atomic E-state index is 0.182. The summed E-state index contributed by atoms with van der Waals surface area (Å²) in [4.78, 5) is 4.29. The molecule has 21 heavy (non-hydrogen) atoms. The third kappa shape index (κ3) is 3.64.